The molecule has 8 nitrogen and oxygen atoms in total. The predicted molar refractivity (Wildman–Crippen MR) is 97.4 cm³/mol. The van der Waals surface area contributed by atoms with E-state index in [4.69, 9.17) is 14.0 Å². The van der Waals surface area contributed by atoms with Gasteiger partial charge in [-0.2, -0.15) is 4.98 Å². The number of methoxy groups -OCH3 is 2. The first-order valence-corrected chi connectivity index (χ1v) is 9.80. The highest BCUT2D eigenvalue weighted by Gasteiger charge is 2.23. The minimum atomic E-state index is -3.82. The zero-order valence-electron chi connectivity index (χ0n) is 14.6. The van der Waals surface area contributed by atoms with E-state index in [1.807, 2.05) is 0 Å². The van der Waals surface area contributed by atoms with Crippen LogP contribution in [0.15, 0.2) is 33.7 Å². The van der Waals surface area contributed by atoms with Crippen LogP contribution in [-0.2, 0) is 10.0 Å². The van der Waals surface area contributed by atoms with E-state index in [2.05, 4.69) is 14.9 Å². The highest BCUT2D eigenvalue weighted by molar-refractivity contribution is 7.93. The van der Waals surface area contributed by atoms with E-state index in [0.29, 0.717) is 38.7 Å². The number of hydrogen-bond donors (Lipinski definition) is 1. The summed E-state index contributed by atoms with van der Waals surface area (Å²) in [6, 6.07) is 6.36. The molecule has 0 unspecified atom stereocenters. The lowest BCUT2D eigenvalue weighted by Gasteiger charge is -2.12. The molecule has 0 amide bonds. The molecule has 0 aliphatic heterocycles. The smallest absolute Gasteiger partial charge is 0.263 e. The third-order valence-electron chi connectivity index (χ3n) is 3.56. The summed E-state index contributed by atoms with van der Waals surface area (Å²) < 4.78 is 43.5. The van der Waals surface area contributed by atoms with Gasteiger partial charge in [-0.05, 0) is 25.1 Å². The van der Waals surface area contributed by atoms with E-state index in [1.165, 1.54) is 31.6 Å². The molecule has 138 valence electrons. The SMILES string of the molecule is COc1ccc(NS(=O)(=O)c2cc(-c3noc(C)n3)sc2C)c(OC)c1. The molecule has 0 atom stereocenters. The Morgan fingerprint density at radius 3 is 2.54 bits per heavy atom. The Morgan fingerprint density at radius 1 is 1.15 bits per heavy atom. The maximum absolute atomic E-state index is 12.8. The van der Waals surface area contributed by atoms with Gasteiger partial charge in [0.1, 0.15) is 16.4 Å². The lowest BCUT2D eigenvalue weighted by molar-refractivity contribution is 0.394. The summed E-state index contributed by atoms with van der Waals surface area (Å²) in [6.07, 6.45) is 0. The summed E-state index contributed by atoms with van der Waals surface area (Å²) in [4.78, 5) is 5.51. The van der Waals surface area contributed by atoms with Gasteiger partial charge in [0, 0.05) is 17.9 Å². The summed E-state index contributed by atoms with van der Waals surface area (Å²) >= 11 is 1.28. The van der Waals surface area contributed by atoms with Crippen molar-refractivity contribution in [1.29, 1.82) is 0 Å². The van der Waals surface area contributed by atoms with Crippen molar-refractivity contribution in [3.05, 3.63) is 35.0 Å². The number of nitrogens with one attached hydrogen (secondary N) is 1. The molecule has 3 rings (SSSR count). The maximum atomic E-state index is 12.8. The molecule has 0 bridgehead atoms. The highest BCUT2D eigenvalue weighted by atomic mass is 32.2. The number of anilines is 1. The highest BCUT2D eigenvalue weighted by Crippen LogP contribution is 2.35. The van der Waals surface area contributed by atoms with Gasteiger partial charge in [0.15, 0.2) is 0 Å². The lowest BCUT2D eigenvalue weighted by atomic mass is 10.3. The van der Waals surface area contributed by atoms with Crippen molar-refractivity contribution in [2.24, 2.45) is 0 Å². The molecule has 0 aliphatic rings. The summed E-state index contributed by atoms with van der Waals surface area (Å²) in [6.45, 7) is 3.40. The van der Waals surface area contributed by atoms with Crippen molar-refractivity contribution in [3.63, 3.8) is 0 Å². The van der Waals surface area contributed by atoms with Crippen molar-refractivity contribution in [3.8, 4) is 22.2 Å². The van der Waals surface area contributed by atoms with E-state index < -0.39 is 10.0 Å². The summed E-state index contributed by atoms with van der Waals surface area (Å²) in [5, 5.41) is 3.83. The Labute approximate surface area is 154 Å². The number of ether oxygens (including phenoxy) is 2. The van der Waals surface area contributed by atoms with Gasteiger partial charge in [-0.3, -0.25) is 4.72 Å². The second-order valence-electron chi connectivity index (χ2n) is 5.34. The quantitative estimate of drug-likeness (QED) is 0.683. The van der Waals surface area contributed by atoms with Gasteiger partial charge in [0.2, 0.25) is 11.7 Å². The average Bonchev–Trinajstić information content (AvgIpc) is 3.21. The molecule has 1 N–H and O–H groups in total. The summed E-state index contributed by atoms with van der Waals surface area (Å²) in [5.74, 6) is 1.69. The summed E-state index contributed by atoms with van der Waals surface area (Å²) in [5.41, 5.74) is 0.316. The number of hydrogen-bond acceptors (Lipinski definition) is 8. The first-order valence-electron chi connectivity index (χ1n) is 7.50. The molecule has 0 saturated carbocycles. The molecule has 3 aromatic rings. The van der Waals surface area contributed by atoms with Crippen molar-refractivity contribution < 1.29 is 22.4 Å². The minimum Gasteiger partial charge on any atom is -0.497 e. The van der Waals surface area contributed by atoms with Crippen molar-refractivity contribution in [1.82, 2.24) is 10.1 Å². The maximum Gasteiger partial charge on any atom is 0.263 e. The molecule has 1 aromatic carbocycles. The molecule has 0 fully saturated rings. The Kier molecular flexibility index (Phi) is 4.88. The monoisotopic (exact) mass is 395 g/mol. The van der Waals surface area contributed by atoms with Crippen molar-refractivity contribution in [2.75, 3.05) is 18.9 Å². The van der Waals surface area contributed by atoms with Crippen LogP contribution in [0.3, 0.4) is 0 Å². The van der Waals surface area contributed by atoms with Gasteiger partial charge in [0.05, 0.1) is 24.8 Å². The number of rotatable bonds is 6. The van der Waals surface area contributed by atoms with Gasteiger partial charge in [0.25, 0.3) is 10.0 Å². The molecule has 0 aliphatic carbocycles. The second kappa shape index (κ2) is 6.96. The van der Waals surface area contributed by atoms with Crippen LogP contribution >= 0.6 is 11.3 Å². The van der Waals surface area contributed by atoms with Gasteiger partial charge in [-0.25, -0.2) is 8.42 Å². The Bertz CT molecular complexity index is 1040. The fourth-order valence-corrected chi connectivity index (χ4v) is 4.91. The van der Waals surface area contributed by atoms with E-state index in [0.717, 1.165) is 0 Å². The van der Waals surface area contributed by atoms with Crippen LogP contribution < -0.4 is 14.2 Å². The zero-order chi connectivity index (χ0) is 18.9. The standard InChI is InChI=1S/C16H17N3O5S2/c1-9-15(8-14(25-9)16-17-10(2)24-18-16)26(20,21)19-12-6-5-11(22-3)7-13(12)23-4/h5-8,19H,1-4H3. The third-order valence-corrected chi connectivity index (χ3v) is 6.23. The van der Waals surface area contributed by atoms with Gasteiger partial charge >= 0.3 is 0 Å². The molecule has 2 aromatic heterocycles. The van der Waals surface area contributed by atoms with E-state index in [-0.39, 0.29) is 4.90 Å². The first kappa shape index (κ1) is 18.2. The van der Waals surface area contributed by atoms with Crippen molar-refractivity contribution in [2.45, 2.75) is 18.7 Å². The predicted octanol–water partition coefficient (Wildman–Crippen LogP) is 3.23. The number of aromatic nitrogens is 2. The Balaban J connectivity index is 1.95. The van der Waals surface area contributed by atoms with Crippen molar-refractivity contribution >= 4 is 27.0 Å². The van der Waals surface area contributed by atoms with E-state index in [9.17, 15) is 8.42 Å². The topological polar surface area (TPSA) is 104 Å². The molecule has 0 spiro atoms. The summed E-state index contributed by atoms with van der Waals surface area (Å²) in [7, 11) is -0.843. The van der Waals surface area contributed by atoms with Crippen LogP contribution in [0.1, 0.15) is 10.8 Å². The fourth-order valence-electron chi connectivity index (χ4n) is 2.32. The minimum absolute atomic E-state index is 0.151. The van der Waals surface area contributed by atoms with Crippen LogP contribution in [0.2, 0.25) is 0 Å². The van der Waals surface area contributed by atoms with E-state index >= 15 is 0 Å². The molecule has 26 heavy (non-hydrogen) atoms. The third kappa shape index (κ3) is 3.51. The molecule has 2 heterocycles. The molecule has 0 radical (unpaired) electrons. The molecule has 10 heteroatoms. The van der Waals surface area contributed by atoms with Gasteiger partial charge in [-0.15, -0.1) is 11.3 Å². The van der Waals surface area contributed by atoms with Crippen LogP contribution in [0.25, 0.3) is 10.7 Å². The van der Waals surface area contributed by atoms with Crippen LogP contribution in [-0.4, -0.2) is 32.8 Å². The Morgan fingerprint density at radius 2 is 1.92 bits per heavy atom. The average molecular weight is 395 g/mol. The normalized spacial score (nSPS) is 11.4. The molecule has 0 saturated heterocycles. The van der Waals surface area contributed by atoms with Crippen LogP contribution in [0, 0.1) is 13.8 Å². The lowest BCUT2D eigenvalue weighted by Crippen LogP contribution is -2.13. The number of thiophene rings is 1. The number of aryl methyl sites for hydroxylation is 2. The van der Waals surface area contributed by atoms with Gasteiger partial charge in [-0.1, -0.05) is 5.16 Å². The van der Waals surface area contributed by atoms with Crippen LogP contribution in [0.5, 0.6) is 11.5 Å². The largest absolute Gasteiger partial charge is 0.497 e. The zero-order valence-corrected chi connectivity index (χ0v) is 16.2. The second-order valence-corrected chi connectivity index (χ2v) is 8.25. The number of nitrogens with zero attached hydrogens (tertiary/aromatic N) is 2. The van der Waals surface area contributed by atoms with Gasteiger partial charge < -0.3 is 14.0 Å². The number of sulfonamides is 1. The number of benzene rings is 1. The molecular weight excluding hydrogens is 378 g/mol. The molecular formula is C16H17N3O5S2. The fraction of sp³-hybridized carbons (Fsp3) is 0.250. The van der Waals surface area contributed by atoms with E-state index in [1.54, 1.807) is 32.0 Å². The van der Waals surface area contributed by atoms with Crippen LogP contribution in [0.4, 0.5) is 5.69 Å². The first-order chi connectivity index (χ1) is 12.3. The Hall–Kier alpha value is -2.59.